The molecule has 0 bridgehead atoms. The average Bonchev–Trinajstić information content (AvgIpc) is 2.44. The van der Waals surface area contributed by atoms with E-state index in [-0.39, 0.29) is 5.92 Å². The quantitative estimate of drug-likeness (QED) is 0.591. The van der Waals surface area contributed by atoms with Crippen LogP contribution in [-0.4, -0.2) is 13.7 Å². The van der Waals surface area contributed by atoms with Crippen LogP contribution in [-0.2, 0) is 9.05 Å². The van der Waals surface area contributed by atoms with Crippen molar-refractivity contribution in [1.82, 2.24) is 0 Å². The SMILES string of the molecule is N#CC[C@@H]1C[C@H]1S(=O)(=O)Cl. The van der Waals surface area contributed by atoms with Gasteiger partial charge in [0.2, 0.25) is 9.05 Å². The van der Waals surface area contributed by atoms with Gasteiger partial charge in [0, 0.05) is 17.1 Å². The third-order valence-electron chi connectivity index (χ3n) is 1.57. The second-order valence-electron chi connectivity index (χ2n) is 2.37. The molecular weight excluding hydrogens is 174 g/mol. The van der Waals surface area contributed by atoms with Gasteiger partial charge in [0.1, 0.15) is 0 Å². The minimum absolute atomic E-state index is 0.00694. The number of nitrogens with zero attached hydrogens (tertiary/aromatic N) is 1. The van der Waals surface area contributed by atoms with Gasteiger partial charge in [-0.25, -0.2) is 8.42 Å². The Hall–Kier alpha value is -0.270. The lowest BCUT2D eigenvalue weighted by Crippen LogP contribution is -1.99. The number of halogens is 1. The summed E-state index contributed by atoms with van der Waals surface area (Å²) in [6.45, 7) is 0. The molecular formula is C5H6ClNO2S. The molecule has 3 nitrogen and oxygen atoms in total. The van der Waals surface area contributed by atoms with Gasteiger partial charge in [-0.2, -0.15) is 5.26 Å². The van der Waals surface area contributed by atoms with Crippen LogP contribution in [0.1, 0.15) is 12.8 Å². The Morgan fingerprint density at radius 3 is 2.60 bits per heavy atom. The first-order valence-corrected chi connectivity index (χ1v) is 5.23. The van der Waals surface area contributed by atoms with Gasteiger partial charge in [-0.1, -0.05) is 0 Å². The van der Waals surface area contributed by atoms with Crippen molar-refractivity contribution >= 4 is 19.7 Å². The van der Waals surface area contributed by atoms with Crippen LogP contribution in [0.5, 0.6) is 0 Å². The van der Waals surface area contributed by atoms with Crippen LogP contribution in [0.15, 0.2) is 0 Å². The lowest BCUT2D eigenvalue weighted by molar-refractivity contribution is 0.606. The van der Waals surface area contributed by atoms with Gasteiger partial charge in [0.25, 0.3) is 0 Å². The third-order valence-corrected chi connectivity index (χ3v) is 3.56. The molecule has 1 rings (SSSR count). The summed E-state index contributed by atoms with van der Waals surface area (Å²) in [6.07, 6.45) is 0.857. The fourth-order valence-corrected chi connectivity index (χ4v) is 2.58. The monoisotopic (exact) mass is 179 g/mol. The van der Waals surface area contributed by atoms with Gasteiger partial charge < -0.3 is 0 Å². The molecule has 0 aromatic heterocycles. The summed E-state index contributed by atoms with van der Waals surface area (Å²) in [4.78, 5) is 0. The van der Waals surface area contributed by atoms with E-state index in [9.17, 15) is 8.42 Å². The van der Waals surface area contributed by atoms with Crippen LogP contribution < -0.4 is 0 Å². The van der Waals surface area contributed by atoms with Crippen molar-refractivity contribution in [3.8, 4) is 6.07 Å². The topological polar surface area (TPSA) is 57.9 Å². The molecule has 2 atom stereocenters. The van der Waals surface area contributed by atoms with Crippen molar-refractivity contribution in [3.05, 3.63) is 0 Å². The number of hydrogen-bond donors (Lipinski definition) is 0. The molecule has 56 valence electrons. The summed E-state index contributed by atoms with van der Waals surface area (Å²) in [5.41, 5.74) is 0. The Balaban J connectivity index is 2.49. The summed E-state index contributed by atoms with van der Waals surface area (Å²) in [5, 5.41) is 7.72. The third kappa shape index (κ3) is 1.61. The molecule has 0 aliphatic heterocycles. The average molecular weight is 180 g/mol. The lowest BCUT2D eigenvalue weighted by atomic mass is 10.3. The van der Waals surface area contributed by atoms with E-state index in [1.54, 1.807) is 0 Å². The van der Waals surface area contributed by atoms with Crippen LogP contribution in [0.2, 0.25) is 0 Å². The molecule has 0 radical (unpaired) electrons. The zero-order chi connectivity index (χ0) is 7.78. The molecule has 5 heteroatoms. The summed E-state index contributed by atoms with van der Waals surface area (Å²) in [5.74, 6) is -0.00694. The molecule has 0 saturated heterocycles. The summed E-state index contributed by atoms with van der Waals surface area (Å²) in [7, 11) is 1.64. The highest BCUT2D eigenvalue weighted by Crippen LogP contribution is 2.41. The predicted molar refractivity (Wildman–Crippen MR) is 36.9 cm³/mol. The predicted octanol–water partition coefficient (Wildman–Crippen LogP) is 0.857. The lowest BCUT2D eigenvalue weighted by Gasteiger charge is -1.87. The van der Waals surface area contributed by atoms with Gasteiger partial charge in [-0.3, -0.25) is 0 Å². The van der Waals surface area contributed by atoms with Crippen LogP contribution in [0.3, 0.4) is 0 Å². The molecule has 0 aromatic rings. The number of hydrogen-bond acceptors (Lipinski definition) is 3. The smallest absolute Gasteiger partial charge is 0.212 e. The van der Waals surface area contributed by atoms with E-state index < -0.39 is 14.3 Å². The van der Waals surface area contributed by atoms with Crippen LogP contribution >= 0.6 is 10.7 Å². The molecule has 10 heavy (non-hydrogen) atoms. The van der Waals surface area contributed by atoms with Gasteiger partial charge in [0.05, 0.1) is 11.3 Å². The first-order valence-electron chi connectivity index (χ1n) is 2.86. The van der Waals surface area contributed by atoms with E-state index in [2.05, 4.69) is 0 Å². The van der Waals surface area contributed by atoms with Crippen molar-refractivity contribution in [2.75, 3.05) is 0 Å². The Labute approximate surface area is 64.0 Å². The van der Waals surface area contributed by atoms with Gasteiger partial charge >= 0.3 is 0 Å². The Kier molecular flexibility index (Phi) is 1.88. The largest absolute Gasteiger partial charge is 0.235 e. The van der Waals surface area contributed by atoms with Crippen molar-refractivity contribution in [3.63, 3.8) is 0 Å². The normalized spacial score (nSPS) is 31.2. The van der Waals surface area contributed by atoms with Crippen molar-refractivity contribution in [1.29, 1.82) is 5.26 Å². The highest BCUT2D eigenvalue weighted by atomic mass is 35.7. The molecule has 1 aliphatic rings. The second-order valence-corrected chi connectivity index (χ2v) is 5.22. The maximum Gasteiger partial charge on any atom is 0.235 e. The highest BCUT2D eigenvalue weighted by Gasteiger charge is 2.46. The fourth-order valence-electron chi connectivity index (χ4n) is 0.897. The number of rotatable bonds is 2. The highest BCUT2D eigenvalue weighted by molar-refractivity contribution is 8.14. The summed E-state index contributed by atoms with van der Waals surface area (Å²) >= 11 is 0. The van der Waals surface area contributed by atoms with Crippen molar-refractivity contribution in [2.45, 2.75) is 18.1 Å². The zero-order valence-electron chi connectivity index (χ0n) is 5.12. The number of nitriles is 1. The van der Waals surface area contributed by atoms with Gasteiger partial charge in [-0.05, 0) is 12.3 Å². The molecule has 0 spiro atoms. The Bertz CT molecular complexity index is 266. The molecule has 0 unspecified atom stereocenters. The maximum absolute atomic E-state index is 10.5. The molecule has 0 heterocycles. The summed E-state index contributed by atoms with van der Waals surface area (Å²) in [6, 6.07) is 1.91. The van der Waals surface area contributed by atoms with E-state index in [0.29, 0.717) is 12.8 Å². The van der Waals surface area contributed by atoms with E-state index >= 15 is 0 Å². The van der Waals surface area contributed by atoms with Crippen molar-refractivity contribution < 1.29 is 8.42 Å². The fraction of sp³-hybridized carbons (Fsp3) is 0.800. The first kappa shape index (κ1) is 7.83. The standard InChI is InChI=1S/C5H6ClNO2S/c6-10(8,9)5-3-4(5)1-2-7/h4-5H,1,3H2/t4-,5-/m1/s1. The molecule has 1 fully saturated rings. The molecule has 1 aliphatic carbocycles. The maximum atomic E-state index is 10.5. The van der Waals surface area contributed by atoms with Crippen molar-refractivity contribution in [2.24, 2.45) is 5.92 Å². The minimum Gasteiger partial charge on any atom is -0.212 e. The zero-order valence-corrected chi connectivity index (χ0v) is 6.69. The first-order chi connectivity index (χ1) is 4.55. The molecule has 0 aromatic carbocycles. The van der Waals surface area contributed by atoms with Crippen LogP contribution in [0.25, 0.3) is 0 Å². The van der Waals surface area contributed by atoms with E-state index in [4.69, 9.17) is 15.9 Å². The Morgan fingerprint density at radius 1 is 1.70 bits per heavy atom. The Morgan fingerprint density at radius 2 is 2.30 bits per heavy atom. The minimum atomic E-state index is -3.38. The van der Waals surface area contributed by atoms with Gasteiger partial charge in [-0.15, -0.1) is 0 Å². The molecule has 0 amide bonds. The second kappa shape index (κ2) is 2.40. The van der Waals surface area contributed by atoms with Gasteiger partial charge in [0.15, 0.2) is 0 Å². The van der Waals surface area contributed by atoms with Crippen LogP contribution in [0.4, 0.5) is 0 Å². The van der Waals surface area contributed by atoms with E-state index in [1.807, 2.05) is 6.07 Å². The molecule has 1 saturated carbocycles. The summed E-state index contributed by atoms with van der Waals surface area (Å²) < 4.78 is 21.1. The van der Waals surface area contributed by atoms with E-state index in [1.165, 1.54) is 0 Å². The van der Waals surface area contributed by atoms with E-state index in [0.717, 1.165) is 0 Å². The molecule has 0 N–H and O–H groups in total. The van der Waals surface area contributed by atoms with Crippen LogP contribution in [0, 0.1) is 17.2 Å².